The Morgan fingerprint density at radius 1 is 1.36 bits per heavy atom. The summed E-state index contributed by atoms with van der Waals surface area (Å²) in [6, 6.07) is 5.81. The third kappa shape index (κ3) is 1.53. The summed E-state index contributed by atoms with van der Waals surface area (Å²) in [5.41, 5.74) is 0.941. The third-order valence-corrected chi connectivity index (χ3v) is 2.16. The molecule has 1 aromatic carbocycles. The van der Waals surface area contributed by atoms with Gasteiger partial charge >= 0.3 is 0 Å². The van der Waals surface area contributed by atoms with E-state index in [4.69, 9.17) is 4.74 Å². The minimum atomic E-state index is 0.832. The van der Waals surface area contributed by atoms with Crippen LogP contribution in [0.4, 0.5) is 0 Å². The fraction of sp³-hybridized carbons (Fsp3) is 0.273. The maximum atomic E-state index is 5.14. The largest absolute Gasteiger partial charge is 0.497 e. The topological polar surface area (TPSA) is 35.0 Å². The van der Waals surface area contributed by atoms with Gasteiger partial charge in [-0.25, -0.2) is 9.97 Å². The zero-order chi connectivity index (χ0) is 9.97. The van der Waals surface area contributed by atoms with Gasteiger partial charge in [0, 0.05) is 24.1 Å². The van der Waals surface area contributed by atoms with Crippen molar-refractivity contribution in [1.82, 2.24) is 9.97 Å². The van der Waals surface area contributed by atoms with Crippen LogP contribution in [-0.2, 0) is 6.42 Å². The molecule has 0 spiro atoms. The summed E-state index contributed by atoms with van der Waals surface area (Å²) >= 11 is 0. The van der Waals surface area contributed by atoms with Crippen molar-refractivity contribution in [3.8, 4) is 5.75 Å². The molecule has 0 atom stereocenters. The number of hydrogen-bond donors (Lipinski definition) is 0. The smallest absolute Gasteiger partial charge is 0.128 e. The van der Waals surface area contributed by atoms with E-state index in [1.807, 2.05) is 31.3 Å². The van der Waals surface area contributed by atoms with Gasteiger partial charge in [0.1, 0.15) is 11.6 Å². The van der Waals surface area contributed by atoms with Crippen molar-refractivity contribution >= 4 is 10.9 Å². The normalized spacial score (nSPS) is 10.4. The van der Waals surface area contributed by atoms with E-state index in [0.717, 1.165) is 28.9 Å². The van der Waals surface area contributed by atoms with Gasteiger partial charge in [0.15, 0.2) is 0 Å². The van der Waals surface area contributed by atoms with Crippen molar-refractivity contribution in [1.29, 1.82) is 0 Å². The molecule has 2 rings (SSSR count). The highest BCUT2D eigenvalue weighted by atomic mass is 16.5. The molecule has 3 nitrogen and oxygen atoms in total. The average molecular weight is 188 g/mol. The number of aryl methyl sites for hydroxylation is 1. The number of hydrogen-bond acceptors (Lipinski definition) is 3. The van der Waals surface area contributed by atoms with E-state index in [-0.39, 0.29) is 0 Å². The quantitative estimate of drug-likeness (QED) is 0.724. The maximum absolute atomic E-state index is 5.14. The molecule has 2 aromatic rings. The van der Waals surface area contributed by atoms with Crippen LogP contribution >= 0.6 is 0 Å². The molecule has 1 heterocycles. The van der Waals surface area contributed by atoms with Gasteiger partial charge in [-0.1, -0.05) is 6.92 Å². The first-order valence-corrected chi connectivity index (χ1v) is 4.63. The third-order valence-electron chi connectivity index (χ3n) is 2.16. The lowest BCUT2D eigenvalue weighted by Gasteiger charge is -2.02. The molecular weight excluding hydrogens is 176 g/mol. The zero-order valence-electron chi connectivity index (χ0n) is 8.32. The second-order valence-electron chi connectivity index (χ2n) is 3.06. The van der Waals surface area contributed by atoms with Crippen LogP contribution in [0.2, 0.25) is 0 Å². The second-order valence-corrected chi connectivity index (χ2v) is 3.06. The molecular formula is C11H12N2O. The molecule has 0 unspecified atom stereocenters. The molecule has 0 aliphatic rings. The number of nitrogens with zero attached hydrogens (tertiary/aromatic N) is 2. The molecule has 0 bridgehead atoms. The first-order valence-electron chi connectivity index (χ1n) is 4.63. The molecule has 0 N–H and O–H groups in total. The number of aromatic nitrogens is 2. The Balaban J connectivity index is 2.60. The van der Waals surface area contributed by atoms with Crippen molar-refractivity contribution in [3.63, 3.8) is 0 Å². The minimum absolute atomic E-state index is 0.832. The summed E-state index contributed by atoms with van der Waals surface area (Å²) in [5, 5.41) is 1.04. The van der Waals surface area contributed by atoms with E-state index in [9.17, 15) is 0 Å². The van der Waals surface area contributed by atoms with Crippen molar-refractivity contribution in [3.05, 3.63) is 30.2 Å². The van der Waals surface area contributed by atoms with Crippen LogP contribution < -0.4 is 4.74 Å². The molecule has 14 heavy (non-hydrogen) atoms. The Bertz CT molecular complexity index is 415. The van der Waals surface area contributed by atoms with E-state index in [1.165, 1.54) is 0 Å². The molecule has 0 aliphatic carbocycles. The van der Waals surface area contributed by atoms with Gasteiger partial charge in [0.05, 0.1) is 12.6 Å². The Labute approximate surface area is 82.8 Å². The van der Waals surface area contributed by atoms with Gasteiger partial charge in [-0.15, -0.1) is 0 Å². The van der Waals surface area contributed by atoms with Crippen molar-refractivity contribution in [2.24, 2.45) is 0 Å². The van der Waals surface area contributed by atoms with E-state index in [0.29, 0.717) is 0 Å². The Kier molecular flexibility index (Phi) is 2.31. The van der Waals surface area contributed by atoms with E-state index >= 15 is 0 Å². The monoisotopic (exact) mass is 188 g/mol. The lowest BCUT2D eigenvalue weighted by atomic mass is 10.2. The van der Waals surface area contributed by atoms with Crippen LogP contribution in [0.1, 0.15) is 12.7 Å². The number of fused-ring (bicyclic) bond motifs is 1. The number of benzene rings is 1. The highest BCUT2D eigenvalue weighted by Crippen LogP contribution is 2.18. The lowest BCUT2D eigenvalue weighted by Crippen LogP contribution is -1.92. The first kappa shape index (κ1) is 8.94. The van der Waals surface area contributed by atoms with Gasteiger partial charge in [0.25, 0.3) is 0 Å². The molecule has 72 valence electrons. The molecule has 0 radical (unpaired) electrons. The van der Waals surface area contributed by atoms with Crippen molar-refractivity contribution in [2.75, 3.05) is 7.11 Å². The predicted octanol–water partition coefficient (Wildman–Crippen LogP) is 2.20. The fourth-order valence-corrected chi connectivity index (χ4v) is 1.34. The fourth-order valence-electron chi connectivity index (χ4n) is 1.34. The van der Waals surface area contributed by atoms with Gasteiger partial charge in [0.2, 0.25) is 0 Å². The Hall–Kier alpha value is -1.64. The van der Waals surface area contributed by atoms with Crippen LogP contribution in [0, 0.1) is 0 Å². The average Bonchev–Trinajstić information content (AvgIpc) is 2.27. The van der Waals surface area contributed by atoms with Gasteiger partial charge in [-0.3, -0.25) is 0 Å². The number of ether oxygens (including phenoxy) is 1. The van der Waals surface area contributed by atoms with E-state index in [2.05, 4.69) is 9.97 Å². The molecule has 0 saturated carbocycles. The summed E-state index contributed by atoms with van der Waals surface area (Å²) in [5.74, 6) is 1.70. The van der Waals surface area contributed by atoms with E-state index < -0.39 is 0 Å². The molecule has 0 saturated heterocycles. The summed E-state index contributed by atoms with van der Waals surface area (Å²) in [6.45, 7) is 2.04. The summed E-state index contributed by atoms with van der Waals surface area (Å²) in [6.07, 6.45) is 2.70. The second kappa shape index (κ2) is 3.62. The highest BCUT2D eigenvalue weighted by Gasteiger charge is 1.99. The van der Waals surface area contributed by atoms with Crippen LogP contribution in [0.25, 0.3) is 10.9 Å². The Morgan fingerprint density at radius 3 is 2.93 bits per heavy atom. The maximum Gasteiger partial charge on any atom is 0.128 e. The molecule has 0 fully saturated rings. The van der Waals surface area contributed by atoms with Crippen molar-refractivity contribution < 1.29 is 4.74 Å². The van der Waals surface area contributed by atoms with Crippen LogP contribution in [-0.4, -0.2) is 17.1 Å². The van der Waals surface area contributed by atoms with Crippen LogP contribution in [0.5, 0.6) is 5.75 Å². The summed E-state index contributed by atoms with van der Waals surface area (Å²) in [7, 11) is 1.66. The molecule has 1 aromatic heterocycles. The molecule has 3 heteroatoms. The standard InChI is InChI=1S/C11H12N2O/c1-3-11-12-7-8-4-5-9(14-2)6-10(8)13-11/h4-7H,3H2,1-2H3. The lowest BCUT2D eigenvalue weighted by molar-refractivity contribution is 0.415. The SMILES string of the molecule is CCc1ncc2ccc(OC)cc2n1. The highest BCUT2D eigenvalue weighted by molar-refractivity contribution is 5.79. The van der Waals surface area contributed by atoms with Crippen LogP contribution in [0.15, 0.2) is 24.4 Å². The number of rotatable bonds is 2. The number of methoxy groups -OCH3 is 1. The van der Waals surface area contributed by atoms with Crippen LogP contribution in [0.3, 0.4) is 0 Å². The van der Waals surface area contributed by atoms with E-state index in [1.54, 1.807) is 7.11 Å². The van der Waals surface area contributed by atoms with Gasteiger partial charge in [-0.2, -0.15) is 0 Å². The predicted molar refractivity (Wildman–Crippen MR) is 55.5 cm³/mol. The minimum Gasteiger partial charge on any atom is -0.497 e. The Morgan fingerprint density at radius 2 is 2.21 bits per heavy atom. The zero-order valence-corrected chi connectivity index (χ0v) is 8.32. The molecule has 0 amide bonds. The first-order chi connectivity index (χ1) is 6.83. The summed E-state index contributed by atoms with van der Waals surface area (Å²) in [4.78, 5) is 8.64. The van der Waals surface area contributed by atoms with Gasteiger partial charge < -0.3 is 4.74 Å². The van der Waals surface area contributed by atoms with Gasteiger partial charge in [-0.05, 0) is 12.1 Å². The molecule has 0 aliphatic heterocycles. The summed E-state index contributed by atoms with van der Waals surface area (Å²) < 4.78 is 5.14. The van der Waals surface area contributed by atoms with Crippen molar-refractivity contribution in [2.45, 2.75) is 13.3 Å².